The molecule has 0 bridgehead atoms. The van der Waals surface area contributed by atoms with Gasteiger partial charge in [-0.3, -0.25) is 0 Å². The molecule has 1 rings (SSSR count). The van der Waals surface area contributed by atoms with Crippen LogP contribution in [0.2, 0.25) is 5.02 Å². The second-order valence-corrected chi connectivity index (χ2v) is 5.11. The molecule has 0 spiro atoms. The van der Waals surface area contributed by atoms with E-state index in [4.69, 9.17) is 11.6 Å². The molecule has 0 aliphatic heterocycles. The Morgan fingerprint density at radius 2 is 2.11 bits per heavy atom. The summed E-state index contributed by atoms with van der Waals surface area (Å²) in [6.07, 6.45) is 3.05. The van der Waals surface area contributed by atoms with Gasteiger partial charge in [-0.05, 0) is 45.4 Å². The van der Waals surface area contributed by atoms with Crippen LogP contribution < -0.4 is 10.2 Å². The van der Waals surface area contributed by atoms with Crippen molar-refractivity contribution in [2.24, 2.45) is 0 Å². The quantitative estimate of drug-likeness (QED) is 0.769. The lowest BCUT2D eigenvalue weighted by Crippen LogP contribution is -2.31. The second-order valence-electron chi connectivity index (χ2n) is 4.71. The Kier molecular flexibility index (Phi) is 6.44. The van der Waals surface area contributed by atoms with Crippen LogP contribution in [0.3, 0.4) is 0 Å². The molecule has 3 nitrogen and oxygen atoms in total. The lowest BCUT2D eigenvalue weighted by atomic mass is 10.2. The van der Waals surface area contributed by atoms with Gasteiger partial charge in [-0.15, -0.1) is 0 Å². The van der Waals surface area contributed by atoms with E-state index in [0.29, 0.717) is 6.04 Å². The number of aromatic nitrogens is 1. The van der Waals surface area contributed by atoms with Gasteiger partial charge in [-0.1, -0.05) is 18.5 Å². The van der Waals surface area contributed by atoms with Crippen LogP contribution >= 0.6 is 11.6 Å². The summed E-state index contributed by atoms with van der Waals surface area (Å²) in [6.45, 7) is 11.3. The molecule has 1 aromatic heterocycles. The average molecular weight is 270 g/mol. The molecule has 102 valence electrons. The van der Waals surface area contributed by atoms with Crippen molar-refractivity contribution in [1.29, 1.82) is 0 Å². The first-order chi connectivity index (χ1) is 8.60. The number of pyridine rings is 1. The number of rotatable bonds is 7. The SMILES string of the molecule is CCCNCc1cnc(N(CC)C(C)C)c(Cl)c1. The van der Waals surface area contributed by atoms with Crippen molar-refractivity contribution < 1.29 is 0 Å². The van der Waals surface area contributed by atoms with E-state index < -0.39 is 0 Å². The number of anilines is 1. The van der Waals surface area contributed by atoms with Crippen molar-refractivity contribution in [3.8, 4) is 0 Å². The van der Waals surface area contributed by atoms with Crippen molar-refractivity contribution >= 4 is 17.4 Å². The fraction of sp³-hybridized carbons (Fsp3) is 0.643. The number of nitrogens with zero attached hydrogens (tertiary/aromatic N) is 2. The predicted molar refractivity (Wildman–Crippen MR) is 79.4 cm³/mol. The number of hydrogen-bond donors (Lipinski definition) is 1. The Morgan fingerprint density at radius 1 is 1.39 bits per heavy atom. The summed E-state index contributed by atoms with van der Waals surface area (Å²) in [7, 11) is 0. The number of hydrogen-bond acceptors (Lipinski definition) is 3. The molecule has 4 heteroatoms. The first kappa shape index (κ1) is 15.3. The molecule has 0 radical (unpaired) electrons. The van der Waals surface area contributed by atoms with E-state index in [0.717, 1.165) is 42.5 Å². The zero-order valence-corrected chi connectivity index (χ0v) is 12.6. The number of nitrogens with one attached hydrogen (secondary N) is 1. The van der Waals surface area contributed by atoms with Gasteiger partial charge in [0.05, 0.1) is 5.02 Å². The Balaban J connectivity index is 2.78. The fourth-order valence-corrected chi connectivity index (χ4v) is 2.24. The molecule has 1 heterocycles. The molecular formula is C14H24ClN3. The van der Waals surface area contributed by atoms with E-state index >= 15 is 0 Å². The molecule has 18 heavy (non-hydrogen) atoms. The number of halogens is 1. The van der Waals surface area contributed by atoms with Crippen LogP contribution in [-0.2, 0) is 6.54 Å². The van der Waals surface area contributed by atoms with E-state index in [-0.39, 0.29) is 0 Å². The maximum absolute atomic E-state index is 6.33. The molecule has 0 saturated heterocycles. The first-order valence-corrected chi connectivity index (χ1v) is 7.09. The highest BCUT2D eigenvalue weighted by atomic mass is 35.5. The molecule has 0 amide bonds. The van der Waals surface area contributed by atoms with Gasteiger partial charge < -0.3 is 10.2 Å². The van der Waals surface area contributed by atoms with Crippen molar-refractivity contribution in [3.63, 3.8) is 0 Å². The Bertz CT molecular complexity index is 366. The van der Waals surface area contributed by atoms with Gasteiger partial charge in [0.15, 0.2) is 0 Å². The van der Waals surface area contributed by atoms with Gasteiger partial charge in [0.2, 0.25) is 0 Å². The molecule has 0 fully saturated rings. The average Bonchev–Trinajstić information content (AvgIpc) is 2.32. The maximum atomic E-state index is 6.33. The van der Waals surface area contributed by atoms with Crippen LogP contribution in [0.1, 0.15) is 39.7 Å². The molecule has 1 aromatic rings. The van der Waals surface area contributed by atoms with Crippen molar-refractivity contribution in [3.05, 3.63) is 22.8 Å². The third-order valence-corrected chi connectivity index (χ3v) is 3.15. The normalized spacial score (nSPS) is 11.0. The van der Waals surface area contributed by atoms with Crippen molar-refractivity contribution in [1.82, 2.24) is 10.3 Å². The second kappa shape index (κ2) is 7.59. The van der Waals surface area contributed by atoms with Gasteiger partial charge in [-0.25, -0.2) is 4.98 Å². The lowest BCUT2D eigenvalue weighted by molar-refractivity contribution is 0.670. The summed E-state index contributed by atoms with van der Waals surface area (Å²) >= 11 is 6.33. The van der Waals surface area contributed by atoms with Crippen molar-refractivity contribution in [2.45, 2.75) is 46.7 Å². The zero-order chi connectivity index (χ0) is 13.5. The van der Waals surface area contributed by atoms with Gasteiger partial charge in [0, 0.05) is 25.3 Å². The van der Waals surface area contributed by atoms with Crippen LogP contribution in [0.4, 0.5) is 5.82 Å². The van der Waals surface area contributed by atoms with E-state index in [1.807, 2.05) is 12.3 Å². The minimum absolute atomic E-state index is 0.407. The van der Waals surface area contributed by atoms with Crippen LogP contribution in [0.15, 0.2) is 12.3 Å². The Hall–Kier alpha value is -0.800. The zero-order valence-electron chi connectivity index (χ0n) is 11.8. The molecule has 0 aromatic carbocycles. The monoisotopic (exact) mass is 269 g/mol. The molecule has 0 saturated carbocycles. The van der Waals surface area contributed by atoms with Gasteiger partial charge in [0.1, 0.15) is 5.82 Å². The summed E-state index contributed by atoms with van der Waals surface area (Å²) in [4.78, 5) is 6.70. The minimum Gasteiger partial charge on any atom is -0.353 e. The summed E-state index contributed by atoms with van der Waals surface area (Å²) < 4.78 is 0. The van der Waals surface area contributed by atoms with Gasteiger partial charge >= 0.3 is 0 Å². The highest BCUT2D eigenvalue weighted by Gasteiger charge is 2.13. The summed E-state index contributed by atoms with van der Waals surface area (Å²) in [5, 5.41) is 4.09. The summed E-state index contributed by atoms with van der Waals surface area (Å²) in [6, 6.07) is 2.42. The topological polar surface area (TPSA) is 28.2 Å². The largest absolute Gasteiger partial charge is 0.353 e. The van der Waals surface area contributed by atoms with Gasteiger partial charge in [0.25, 0.3) is 0 Å². The molecule has 0 aliphatic rings. The summed E-state index contributed by atoms with van der Waals surface area (Å²) in [5.74, 6) is 0.883. The van der Waals surface area contributed by atoms with Crippen LogP contribution in [0, 0.1) is 0 Å². The van der Waals surface area contributed by atoms with E-state index in [9.17, 15) is 0 Å². The molecule has 0 aliphatic carbocycles. The minimum atomic E-state index is 0.407. The predicted octanol–water partition coefficient (Wildman–Crippen LogP) is 3.47. The van der Waals surface area contributed by atoms with Crippen LogP contribution in [0.5, 0.6) is 0 Å². The van der Waals surface area contributed by atoms with E-state index in [1.165, 1.54) is 0 Å². The molecular weight excluding hydrogens is 246 g/mol. The Labute approximate surface area is 116 Å². The maximum Gasteiger partial charge on any atom is 0.147 e. The standard InChI is InChI=1S/C14H24ClN3/c1-5-7-16-9-12-8-13(15)14(17-10-12)18(6-2)11(3)4/h8,10-11,16H,5-7,9H2,1-4H3. The first-order valence-electron chi connectivity index (χ1n) is 6.71. The fourth-order valence-electron chi connectivity index (χ4n) is 1.95. The smallest absolute Gasteiger partial charge is 0.147 e. The lowest BCUT2D eigenvalue weighted by Gasteiger charge is -2.27. The third-order valence-electron chi connectivity index (χ3n) is 2.87. The Morgan fingerprint density at radius 3 is 2.61 bits per heavy atom. The highest BCUT2D eigenvalue weighted by Crippen LogP contribution is 2.25. The van der Waals surface area contributed by atoms with E-state index in [2.05, 4.69) is 42.9 Å². The van der Waals surface area contributed by atoms with Crippen LogP contribution in [0.25, 0.3) is 0 Å². The third kappa shape index (κ3) is 4.14. The molecule has 0 unspecified atom stereocenters. The van der Waals surface area contributed by atoms with Gasteiger partial charge in [-0.2, -0.15) is 0 Å². The summed E-state index contributed by atoms with van der Waals surface area (Å²) in [5.41, 5.74) is 1.14. The van der Waals surface area contributed by atoms with E-state index in [1.54, 1.807) is 0 Å². The molecule has 1 N–H and O–H groups in total. The highest BCUT2D eigenvalue weighted by molar-refractivity contribution is 6.33. The van der Waals surface area contributed by atoms with Crippen molar-refractivity contribution in [2.75, 3.05) is 18.0 Å². The molecule has 0 atom stereocenters. The van der Waals surface area contributed by atoms with Crippen LogP contribution in [-0.4, -0.2) is 24.1 Å².